The molecule has 1 amide bonds. The van der Waals surface area contributed by atoms with Gasteiger partial charge in [-0.2, -0.15) is 0 Å². The Bertz CT molecular complexity index is 1710. The number of ether oxygens (including phenoxy) is 2. The van der Waals surface area contributed by atoms with E-state index in [1.807, 2.05) is 4.90 Å². The quantitative estimate of drug-likeness (QED) is 0.225. The van der Waals surface area contributed by atoms with Crippen molar-refractivity contribution in [2.24, 2.45) is 5.92 Å². The third-order valence-electron chi connectivity index (χ3n) is 9.22. The van der Waals surface area contributed by atoms with Crippen LogP contribution in [-0.4, -0.2) is 116 Å². The van der Waals surface area contributed by atoms with E-state index in [-0.39, 0.29) is 23.4 Å². The number of aromatic nitrogens is 3. The Kier molecular flexibility index (Phi) is 10.0. The van der Waals surface area contributed by atoms with Crippen LogP contribution in [0.25, 0.3) is 22.2 Å². The zero-order valence-corrected chi connectivity index (χ0v) is 27.4. The highest BCUT2D eigenvalue weighted by atomic mass is 32.2. The van der Waals surface area contributed by atoms with E-state index in [9.17, 15) is 13.2 Å². The van der Waals surface area contributed by atoms with E-state index in [2.05, 4.69) is 19.5 Å². The Morgan fingerprint density at radius 2 is 1.79 bits per heavy atom. The number of likely N-dealkylation sites (tertiary alicyclic amines) is 2. The molecule has 0 bridgehead atoms. The molecule has 3 fully saturated rings. The highest BCUT2D eigenvalue weighted by molar-refractivity contribution is 7.92. The highest BCUT2D eigenvalue weighted by Crippen LogP contribution is 2.35. The van der Waals surface area contributed by atoms with Gasteiger partial charge < -0.3 is 19.3 Å². The Morgan fingerprint density at radius 1 is 1.06 bits per heavy atom. The van der Waals surface area contributed by atoms with Crippen molar-refractivity contribution in [3.63, 3.8) is 0 Å². The van der Waals surface area contributed by atoms with Crippen molar-refractivity contribution in [3.8, 4) is 17.1 Å². The smallest absolute Gasteiger partial charge is 0.246 e. The van der Waals surface area contributed by atoms with Crippen LogP contribution in [0.3, 0.4) is 0 Å². The number of fused-ring (bicyclic) bond motifs is 1. The molecule has 0 saturated carbocycles. The van der Waals surface area contributed by atoms with Crippen molar-refractivity contribution >= 4 is 38.5 Å². The molecule has 0 aliphatic carbocycles. The minimum Gasteiger partial charge on any atom is -0.480 e. The van der Waals surface area contributed by atoms with E-state index in [1.165, 1.54) is 25.4 Å². The summed E-state index contributed by atoms with van der Waals surface area (Å²) in [6, 6.07) is 4.95. The van der Waals surface area contributed by atoms with Gasteiger partial charge in [-0.15, -0.1) is 0 Å². The first-order chi connectivity index (χ1) is 22.6. The summed E-state index contributed by atoms with van der Waals surface area (Å²) < 4.78 is 52.9. The maximum absolute atomic E-state index is 15.4. The standard InChI is InChI=1S/C31H41FN8O6S/c1-45-30-26(37-47(2,43)44)16-21(18-33-30)27-25-17-23(32)15-22(28(25)35-31(34-27)40-11-13-46-14-12-40)19-38-7-5-24(6-8-38)39-9-3-20(4-10-39)29(41)36-42/h15-18,20,24,37,42H,3-14,19H2,1-2H3,(H,36,41). The first-order valence-corrected chi connectivity index (χ1v) is 17.8. The Labute approximate surface area is 273 Å². The van der Waals surface area contributed by atoms with E-state index in [0.717, 1.165) is 63.7 Å². The van der Waals surface area contributed by atoms with Crippen LogP contribution in [0.4, 0.5) is 16.0 Å². The molecule has 6 rings (SSSR count). The number of morpholine rings is 1. The molecule has 2 aromatic heterocycles. The third-order valence-corrected chi connectivity index (χ3v) is 9.81. The molecule has 0 radical (unpaired) electrons. The van der Waals surface area contributed by atoms with E-state index in [0.29, 0.717) is 67.0 Å². The summed E-state index contributed by atoms with van der Waals surface area (Å²) >= 11 is 0. The maximum Gasteiger partial charge on any atom is 0.246 e. The number of carbonyl (C=O) groups excluding carboxylic acids is 1. The predicted octanol–water partition coefficient (Wildman–Crippen LogP) is 2.23. The molecule has 3 aliphatic rings. The average Bonchev–Trinajstić information content (AvgIpc) is 3.07. The fourth-order valence-corrected chi connectivity index (χ4v) is 7.36. The number of methoxy groups -OCH3 is 1. The Hall–Kier alpha value is -3.70. The van der Waals surface area contributed by atoms with Crippen LogP contribution < -0.4 is 19.8 Å². The van der Waals surface area contributed by atoms with Crippen LogP contribution in [-0.2, 0) is 26.1 Å². The number of anilines is 2. The van der Waals surface area contributed by atoms with Gasteiger partial charge in [0.05, 0.1) is 37.8 Å². The lowest BCUT2D eigenvalue weighted by molar-refractivity contribution is -0.135. The normalized spacial score (nSPS) is 19.2. The van der Waals surface area contributed by atoms with Crippen molar-refractivity contribution in [1.29, 1.82) is 0 Å². The molecule has 254 valence electrons. The molecular weight excluding hydrogens is 631 g/mol. The summed E-state index contributed by atoms with van der Waals surface area (Å²) in [6.45, 7) is 6.05. The summed E-state index contributed by atoms with van der Waals surface area (Å²) in [5.41, 5.74) is 4.21. The van der Waals surface area contributed by atoms with Crippen LogP contribution in [0, 0.1) is 11.7 Å². The molecule has 0 unspecified atom stereocenters. The van der Waals surface area contributed by atoms with Crippen molar-refractivity contribution in [1.82, 2.24) is 30.2 Å². The number of hydrogen-bond acceptors (Lipinski definition) is 12. The fourth-order valence-electron chi connectivity index (χ4n) is 6.82. The summed E-state index contributed by atoms with van der Waals surface area (Å²) in [6.07, 6.45) is 5.94. The van der Waals surface area contributed by atoms with Crippen molar-refractivity contribution < 1.29 is 32.3 Å². The van der Waals surface area contributed by atoms with Crippen LogP contribution in [0.1, 0.15) is 31.2 Å². The van der Waals surface area contributed by atoms with Gasteiger partial charge in [-0.1, -0.05) is 0 Å². The molecule has 1 aromatic carbocycles. The van der Waals surface area contributed by atoms with Crippen LogP contribution in [0.2, 0.25) is 0 Å². The number of sulfonamides is 1. The number of nitrogens with one attached hydrogen (secondary N) is 2. The van der Waals surface area contributed by atoms with Crippen LogP contribution in [0.5, 0.6) is 5.88 Å². The van der Waals surface area contributed by atoms with Crippen LogP contribution in [0.15, 0.2) is 24.4 Å². The second-order valence-electron chi connectivity index (χ2n) is 12.4. The minimum atomic E-state index is -3.64. The lowest BCUT2D eigenvalue weighted by Crippen LogP contribution is -2.48. The van der Waals surface area contributed by atoms with Crippen LogP contribution >= 0.6 is 0 Å². The maximum atomic E-state index is 15.4. The lowest BCUT2D eigenvalue weighted by atomic mass is 9.93. The van der Waals surface area contributed by atoms with Gasteiger partial charge in [0, 0.05) is 48.7 Å². The summed E-state index contributed by atoms with van der Waals surface area (Å²) in [4.78, 5) is 32.8. The van der Waals surface area contributed by atoms with Gasteiger partial charge >= 0.3 is 0 Å². The second kappa shape index (κ2) is 14.2. The first kappa shape index (κ1) is 33.2. The molecule has 0 atom stereocenters. The monoisotopic (exact) mass is 672 g/mol. The van der Waals surface area contributed by atoms with E-state index < -0.39 is 15.8 Å². The van der Waals surface area contributed by atoms with Crippen molar-refractivity contribution in [3.05, 3.63) is 35.8 Å². The minimum absolute atomic E-state index is 0.0984. The van der Waals surface area contributed by atoms with Crippen molar-refractivity contribution in [2.75, 3.05) is 75.5 Å². The third kappa shape index (κ3) is 7.73. The summed E-state index contributed by atoms with van der Waals surface area (Å²) in [5, 5.41) is 9.47. The number of carbonyl (C=O) groups is 1. The summed E-state index contributed by atoms with van der Waals surface area (Å²) in [7, 11) is -2.24. The van der Waals surface area contributed by atoms with Crippen molar-refractivity contribution in [2.45, 2.75) is 38.3 Å². The molecule has 3 aliphatic heterocycles. The first-order valence-electron chi connectivity index (χ1n) is 15.9. The highest BCUT2D eigenvalue weighted by Gasteiger charge is 2.31. The number of piperidine rings is 2. The SMILES string of the molecule is COc1ncc(-c2nc(N3CCOCC3)nc3c(CN4CCC(N5CCC(C(=O)NO)CC5)CC4)cc(F)cc23)cc1NS(C)(=O)=O. The zero-order chi connectivity index (χ0) is 33.1. The number of benzene rings is 1. The number of pyridine rings is 1. The number of nitrogens with zero attached hydrogens (tertiary/aromatic N) is 6. The second-order valence-corrected chi connectivity index (χ2v) is 14.1. The zero-order valence-electron chi connectivity index (χ0n) is 26.6. The number of hydroxylamine groups is 1. The van der Waals surface area contributed by atoms with E-state index in [4.69, 9.17) is 24.6 Å². The molecule has 47 heavy (non-hydrogen) atoms. The van der Waals surface area contributed by atoms with Gasteiger partial charge in [0.2, 0.25) is 27.8 Å². The molecule has 3 N–H and O–H groups in total. The molecule has 0 spiro atoms. The fraction of sp³-hybridized carbons (Fsp3) is 0.548. The molecule has 3 saturated heterocycles. The number of hydrogen-bond donors (Lipinski definition) is 3. The number of halogens is 1. The van der Waals surface area contributed by atoms with Gasteiger partial charge in [0.1, 0.15) is 11.5 Å². The molecule has 5 heterocycles. The number of amides is 1. The molecule has 16 heteroatoms. The lowest BCUT2D eigenvalue weighted by Gasteiger charge is -2.41. The van der Waals surface area contributed by atoms with Gasteiger partial charge in [0.15, 0.2) is 0 Å². The predicted molar refractivity (Wildman–Crippen MR) is 173 cm³/mol. The van der Waals surface area contributed by atoms with E-state index >= 15 is 4.39 Å². The van der Waals surface area contributed by atoms with Gasteiger partial charge in [-0.3, -0.25) is 19.6 Å². The Morgan fingerprint density at radius 3 is 2.45 bits per heavy atom. The Balaban J connectivity index is 1.29. The topological polar surface area (TPSA) is 162 Å². The molecular formula is C31H41FN8O6S. The number of rotatable bonds is 9. The van der Waals surface area contributed by atoms with Gasteiger partial charge in [0.25, 0.3) is 0 Å². The molecule has 14 nitrogen and oxygen atoms in total. The van der Waals surface area contributed by atoms with Gasteiger partial charge in [-0.05, 0) is 75.6 Å². The average molecular weight is 673 g/mol. The molecule has 3 aromatic rings. The van der Waals surface area contributed by atoms with Gasteiger partial charge in [-0.25, -0.2) is 33.2 Å². The largest absolute Gasteiger partial charge is 0.480 e. The van der Waals surface area contributed by atoms with E-state index in [1.54, 1.807) is 11.5 Å². The summed E-state index contributed by atoms with van der Waals surface area (Å²) in [5.74, 6) is -0.296.